The van der Waals surface area contributed by atoms with Gasteiger partial charge in [-0.05, 0) is 24.5 Å². The maximum Gasteiger partial charge on any atom is 0.316 e. The summed E-state index contributed by atoms with van der Waals surface area (Å²) in [6, 6.07) is 7.08. The van der Waals surface area contributed by atoms with E-state index in [9.17, 15) is 20.0 Å². The van der Waals surface area contributed by atoms with Gasteiger partial charge in [0.1, 0.15) is 23.0 Å². The van der Waals surface area contributed by atoms with Gasteiger partial charge in [0.05, 0.1) is 45.3 Å². The second-order valence-electron chi connectivity index (χ2n) is 8.29. The molecule has 0 bridgehead atoms. The molecule has 0 radical (unpaired) electrons. The van der Waals surface area contributed by atoms with Crippen molar-refractivity contribution in [3.63, 3.8) is 0 Å². The predicted octanol–water partition coefficient (Wildman–Crippen LogP) is 4.60. The summed E-state index contributed by atoms with van der Waals surface area (Å²) >= 11 is 8.00. The van der Waals surface area contributed by atoms with Crippen LogP contribution in [-0.2, 0) is 0 Å². The highest BCUT2D eigenvalue weighted by Crippen LogP contribution is 2.49. The molecule has 5 rings (SSSR count). The van der Waals surface area contributed by atoms with Gasteiger partial charge >= 0.3 is 6.01 Å². The van der Waals surface area contributed by atoms with Crippen LogP contribution in [0.2, 0.25) is 5.02 Å². The zero-order valence-corrected chi connectivity index (χ0v) is 20.2. The normalized spacial score (nSPS) is 17.1. The molecule has 8 nitrogen and oxygen atoms in total. The van der Waals surface area contributed by atoms with Crippen LogP contribution in [0.1, 0.15) is 24.0 Å². The van der Waals surface area contributed by atoms with Gasteiger partial charge in [-0.2, -0.15) is 15.5 Å². The van der Waals surface area contributed by atoms with E-state index in [1.54, 1.807) is 6.20 Å². The molecular weight excluding hydrogens is 491 g/mol. The Hall–Kier alpha value is -3.70. The van der Waals surface area contributed by atoms with Crippen LogP contribution in [0, 0.1) is 28.5 Å². The van der Waals surface area contributed by atoms with Crippen molar-refractivity contribution in [3.8, 4) is 29.3 Å². The number of thiophene rings is 1. The van der Waals surface area contributed by atoms with Gasteiger partial charge in [-0.3, -0.25) is 0 Å². The third kappa shape index (κ3) is 3.41. The molecule has 2 aromatic carbocycles. The van der Waals surface area contributed by atoms with E-state index >= 15 is 0 Å². The number of benzene rings is 2. The van der Waals surface area contributed by atoms with Gasteiger partial charge in [-0.25, -0.2) is 9.37 Å². The number of nitriles is 2. The van der Waals surface area contributed by atoms with Crippen LogP contribution < -0.4 is 15.4 Å². The standard InChI is InChI=1S/C24H18ClFN6O2S/c1-32(10-5-11(33)6-10)21-15-9-30-24(34-2)31-20(15)13(7-27)17(19(21)25)12-3-4-16(26)22-18(12)14(8-28)23(29)35-22/h3-4,9-11,33H,5-6,29H2,1-2H3. The van der Waals surface area contributed by atoms with Gasteiger partial charge in [-0.15, -0.1) is 11.3 Å². The molecule has 1 aliphatic rings. The zero-order chi connectivity index (χ0) is 25.0. The molecule has 3 N–H and O–H groups in total. The smallest absolute Gasteiger partial charge is 0.316 e. The predicted molar refractivity (Wildman–Crippen MR) is 133 cm³/mol. The van der Waals surface area contributed by atoms with Crippen LogP contribution in [0.15, 0.2) is 18.3 Å². The van der Waals surface area contributed by atoms with E-state index in [1.165, 1.54) is 19.2 Å². The number of anilines is 2. The summed E-state index contributed by atoms with van der Waals surface area (Å²) in [5.41, 5.74) is 7.87. The number of nitrogen functional groups attached to an aromatic ring is 1. The molecule has 2 heterocycles. The first-order valence-electron chi connectivity index (χ1n) is 10.6. The van der Waals surface area contributed by atoms with E-state index in [-0.39, 0.29) is 37.9 Å². The summed E-state index contributed by atoms with van der Waals surface area (Å²) in [6.07, 6.45) is 2.26. The fourth-order valence-electron chi connectivity index (χ4n) is 4.57. The highest BCUT2D eigenvalue weighted by molar-refractivity contribution is 7.23. The Morgan fingerprint density at radius 3 is 2.63 bits per heavy atom. The van der Waals surface area contributed by atoms with Crippen molar-refractivity contribution in [2.75, 3.05) is 24.8 Å². The molecule has 0 aliphatic heterocycles. The molecule has 0 amide bonds. The van der Waals surface area contributed by atoms with E-state index in [0.717, 1.165) is 11.3 Å². The van der Waals surface area contributed by atoms with Gasteiger partial charge in [0.15, 0.2) is 0 Å². The molecule has 1 aliphatic carbocycles. The number of fused-ring (bicyclic) bond motifs is 2. The molecule has 0 unspecified atom stereocenters. The van der Waals surface area contributed by atoms with Gasteiger partial charge < -0.3 is 20.5 Å². The van der Waals surface area contributed by atoms with Crippen molar-refractivity contribution in [2.24, 2.45) is 0 Å². The van der Waals surface area contributed by atoms with Crippen molar-refractivity contribution in [3.05, 3.63) is 40.3 Å². The van der Waals surface area contributed by atoms with Crippen LogP contribution in [0.5, 0.6) is 6.01 Å². The molecule has 11 heteroatoms. The monoisotopic (exact) mass is 508 g/mol. The first kappa shape index (κ1) is 23.1. The van der Waals surface area contributed by atoms with Crippen LogP contribution in [0.3, 0.4) is 0 Å². The lowest BCUT2D eigenvalue weighted by molar-refractivity contribution is 0.0751. The van der Waals surface area contributed by atoms with E-state index in [2.05, 4.69) is 22.1 Å². The van der Waals surface area contributed by atoms with Crippen molar-refractivity contribution in [1.29, 1.82) is 10.5 Å². The molecular formula is C24H18ClFN6O2S. The average molecular weight is 509 g/mol. The summed E-state index contributed by atoms with van der Waals surface area (Å²) in [5, 5.41) is 31.1. The lowest BCUT2D eigenvalue weighted by Crippen LogP contribution is -2.45. The molecule has 35 heavy (non-hydrogen) atoms. The Morgan fingerprint density at radius 2 is 2.00 bits per heavy atom. The lowest BCUT2D eigenvalue weighted by atomic mass is 9.87. The molecule has 4 aromatic rings. The minimum atomic E-state index is -0.526. The van der Waals surface area contributed by atoms with Crippen LogP contribution >= 0.6 is 22.9 Å². The number of nitrogens with zero attached hydrogens (tertiary/aromatic N) is 5. The highest BCUT2D eigenvalue weighted by atomic mass is 35.5. The molecule has 1 fully saturated rings. The molecule has 176 valence electrons. The van der Waals surface area contributed by atoms with Crippen molar-refractivity contribution in [1.82, 2.24) is 9.97 Å². The van der Waals surface area contributed by atoms with Crippen LogP contribution in [0.4, 0.5) is 15.1 Å². The zero-order valence-electron chi connectivity index (χ0n) is 18.6. The third-order valence-electron chi connectivity index (χ3n) is 6.42. The van der Waals surface area contributed by atoms with Crippen molar-refractivity contribution >= 4 is 54.6 Å². The minimum Gasteiger partial charge on any atom is -0.467 e. The molecule has 2 aromatic heterocycles. The number of aromatic nitrogens is 2. The van der Waals surface area contributed by atoms with E-state index < -0.39 is 11.9 Å². The summed E-state index contributed by atoms with van der Waals surface area (Å²) in [5.74, 6) is -0.526. The number of aliphatic hydroxyl groups excluding tert-OH is 1. The number of aliphatic hydroxyl groups is 1. The Bertz CT molecular complexity index is 1600. The number of halogens is 2. The number of nitrogens with two attached hydrogens (primary N) is 1. The van der Waals surface area contributed by atoms with Gasteiger partial charge in [-0.1, -0.05) is 17.7 Å². The summed E-state index contributed by atoms with van der Waals surface area (Å²) in [4.78, 5) is 10.6. The van der Waals surface area contributed by atoms with E-state index in [1.807, 2.05) is 11.9 Å². The van der Waals surface area contributed by atoms with E-state index in [4.69, 9.17) is 22.1 Å². The number of ether oxygens (including phenoxy) is 1. The first-order valence-corrected chi connectivity index (χ1v) is 11.8. The first-order chi connectivity index (χ1) is 16.8. The fourth-order valence-corrected chi connectivity index (χ4v) is 5.95. The largest absolute Gasteiger partial charge is 0.467 e. The Kier molecular flexibility index (Phi) is 5.60. The maximum atomic E-state index is 14.7. The summed E-state index contributed by atoms with van der Waals surface area (Å²) in [7, 11) is 3.27. The Labute approximate surface area is 208 Å². The van der Waals surface area contributed by atoms with Gasteiger partial charge in [0.25, 0.3) is 0 Å². The molecule has 0 spiro atoms. The van der Waals surface area contributed by atoms with Crippen LogP contribution in [0.25, 0.3) is 32.1 Å². The fraction of sp³-hybridized carbons (Fsp3) is 0.250. The SMILES string of the molecule is COc1ncc2c(N(C)C3CC(O)C3)c(Cl)c(-c3ccc(F)c4sc(N)c(C#N)c34)c(C#N)c2n1. The minimum absolute atomic E-state index is 0.00767. The quantitative estimate of drug-likeness (QED) is 0.409. The number of hydrogen-bond donors (Lipinski definition) is 2. The lowest BCUT2D eigenvalue weighted by Gasteiger charge is -2.40. The average Bonchev–Trinajstić information content (AvgIpc) is 3.18. The topological polar surface area (TPSA) is 132 Å². The number of hydrogen-bond acceptors (Lipinski definition) is 9. The van der Waals surface area contributed by atoms with Gasteiger partial charge in [0.2, 0.25) is 0 Å². The second-order valence-corrected chi connectivity index (χ2v) is 9.72. The van der Waals surface area contributed by atoms with Crippen LogP contribution in [-0.4, -0.2) is 41.4 Å². The Balaban J connectivity index is 1.93. The summed E-state index contributed by atoms with van der Waals surface area (Å²) < 4.78 is 20.1. The number of methoxy groups -OCH3 is 1. The Morgan fingerprint density at radius 1 is 1.29 bits per heavy atom. The molecule has 0 atom stereocenters. The summed E-state index contributed by atoms with van der Waals surface area (Å²) in [6.45, 7) is 0. The van der Waals surface area contributed by atoms with Crippen molar-refractivity contribution < 1.29 is 14.2 Å². The maximum absolute atomic E-state index is 14.7. The van der Waals surface area contributed by atoms with E-state index in [0.29, 0.717) is 45.9 Å². The third-order valence-corrected chi connectivity index (χ3v) is 7.81. The van der Waals surface area contributed by atoms with Crippen molar-refractivity contribution in [2.45, 2.75) is 25.0 Å². The molecule has 1 saturated carbocycles. The second kappa shape index (κ2) is 8.51. The van der Waals surface area contributed by atoms with Gasteiger partial charge in [0, 0.05) is 35.6 Å². The number of rotatable bonds is 4. The highest BCUT2D eigenvalue weighted by Gasteiger charge is 2.34. The molecule has 0 saturated heterocycles.